The normalized spacial score (nSPS) is 17.4. The largest absolute Gasteiger partial charge is 0.490 e. The molecular formula is C29H33N3O7S. The molecule has 2 heterocycles. The number of carbonyl (C=O) groups is 3. The van der Waals surface area contributed by atoms with Crippen LogP contribution in [0.4, 0.5) is 5.69 Å². The molecule has 0 unspecified atom stereocenters. The fourth-order valence-electron chi connectivity index (χ4n) is 4.09. The Labute approximate surface area is 237 Å². The maximum absolute atomic E-state index is 13.2. The number of rotatable bonds is 10. The van der Waals surface area contributed by atoms with E-state index in [1.54, 1.807) is 59.2 Å². The number of likely N-dealkylation sites (N-methyl/N-ethyl adjacent to an activating group) is 1. The van der Waals surface area contributed by atoms with Crippen molar-refractivity contribution in [1.29, 1.82) is 0 Å². The smallest absolute Gasteiger partial charge is 0.338 e. The van der Waals surface area contributed by atoms with E-state index in [9.17, 15) is 14.4 Å². The van der Waals surface area contributed by atoms with E-state index >= 15 is 0 Å². The van der Waals surface area contributed by atoms with Crippen LogP contribution in [0, 0.1) is 0 Å². The molecule has 4 rings (SSSR count). The second-order valence-electron chi connectivity index (χ2n) is 8.75. The molecule has 0 N–H and O–H groups in total. The highest BCUT2D eigenvalue weighted by molar-refractivity contribution is 8.18. The van der Waals surface area contributed by atoms with Gasteiger partial charge in [0.15, 0.2) is 23.3 Å². The van der Waals surface area contributed by atoms with Crippen molar-refractivity contribution in [2.45, 2.75) is 20.8 Å². The maximum Gasteiger partial charge on any atom is 0.338 e. The van der Waals surface area contributed by atoms with Gasteiger partial charge in [-0.25, -0.2) is 9.79 Å². The lowest BCUT2D eigenvalue weighted by Gasteiger charge is -2.26. The number of nitrogens with zero attached hydrogens (tertiary/aromatic N) is 3. The van der Waals surface area contributed by atoms with Crippen LogP contribution in [0.15, 0.2) is 52.4 Å². The van der Waals surface area contributed by atoms with Crippen LogP contribution in [0.5, 0.6) is 11.5 Å². The van der Waals surface area contributed by atoms with Gasteiger partial charge in [-0.1, -0.05) is 12.1 Å². The second-order valence-corrected chi connectivity index (χ2v) is 9.76. The number of ether oxygens (including phenoxy) is 4. The molecule has 2 fully saturated rings. The van der Waals surface area contributed by atoms with Crippen molar-refractivity contribution >= 4 is 46.5 Å². The highest BCUT2D eigenvalue weighted by Crippen LogP contribution is 2.36. The summed E-state index contributed by atoms with van der Waals surface area (Å²) in [6.07, 6.45) is 1.78. The molecule has 40 heavy (non-hydrogen) atoms. The van der Waals surface area contributed by atoms with E-state index in [2.05, 4.69) is 4.99 Å². The minimum Gasteiger partial charge on any atom is -0.490 e. The minimum absolute atomic E-state index is 0.0997. The Balaban J connectivity index is 1.51. The topological polar surface area (TPSA) is 107 Å². The summed E-state index contributed by atoms with van der Waals surface area (Å²) < 4.78 is 21.9. The summed E-state index contributed by atoms with van der Waals surface area (Å²) in [6, 6.07) is 12.1. The van der Waals surface area contributed by atoms with Crippen LogP contribution in [0.2, 0.25) is 0 Å². The number of aliphatic imine (C=N–C) groups is 1. The number of morpholine rings is 1. The number of thioether (sulfide) groups is 1. The number of hydrogen-bond donors (Lipinski definition) is 0. The molecule has 2 aromatic carbocycles. The molecule has 2 aromatic rings. The first kappa shape index (κ1) is 29.2. The molecule has 0 aliphatic carbocycles. The monoisotopic (exact) mass is 567 g/mol. The zero-order chi connectivity index (χ0) is 28.5. The van der Waals surface area contributed by atoms with E-state index in [4.69, 9.17) is 18.9 Å². The summed E-state index contributed by atoms with van der Waals surface area (Å²) >= 11 is 1.26. The predicted molar refractivity (Wildman–Crippen MR) is 153 cm³/mol. The second kappa shape index (κ2) is 14.0. The van der Waals surface area contributed by atoms with Gasteiger partial charge in [-0.2, -0.15) is 0 Å². The lowest BCUT2D eigenvalue weighted by molar-refractivity contribution is -0.137. The zero-order valence-electron chi connectivity index (χ0n) is 22.9. The summed E-state index contributed by atoms with van der Waals surface area (Å²) in [5.41, 5.74) is 1.69. The Morgan fingerprint density at radius 3 is 2.55 bits per heavy atom. The van der Waals surface area contributed by atoms with Gasteiger partial charge in [0, 0.05) is 19.6 Å². The number of amidine groups is 1. The molecule has 2 saturated heterocycles. The standard InChI is InChI=1S/C29H33N3O7S/c1-4-32-27(34)25(40-29(32)30-22-9-7-8-21(18-22)28(35)38-6-3)17-20-10-11-23(24(16-20)37-5-2)39-19-26(33)31-12-14-36-15-13-31/h7-11,16-18H,4-6,12-15,19H2,1-3H3. The third-order valence-corrected chi connectivity index (χ3v) is 7.07. The van der Waals surface area contributed by atoms with Crippen LogP contribution in [-0.2, 0) is 19.1 Å². The van der Waals surface area contributed by atoms with Crippen molar-refractivity contribution < 1.29 is 33.3 Å². The Hall–Kier alpha value is -3.83. The number of benzene rings is 2. The van der Waals surface area contributed by atoms with E-state index < -0.39 is 5.97 Å². The molecule has 10 nitrogen and oxygen atoms in total. The Morgan fingerprint density at radius 2 is 1.82 bits per heavy atom. The van der Waals surface area contributed by atoms with Crippen LogP contribution in [0.3, 0.4) is 0 Å². The lowest BCUT2D eigenvalue weighted by atomic mass is 10.2. The first-order valence-corrected chi connectivity index (χ1v) is 14.1. The number of carbonyl (C=O) groups excluding carboxylic acids is 3. The average Bonchev–Trinajstić information content (AvgIpc) is 3.26. The summed E-state index contributed by atoms with van der Waals surface area (Å²) in [7, 11) is 0. The average molecular weight is 568 g/mol. The van der Waals surface area contributed by atoms with Crippen LogP contribution in [0.25, 0.3) is 6.08 Å². The highest BCUT2D eigenvalue weighted by Gasteiger charge is 2.32. The summed E-state index contributed by atoms with van der Waals surface area (Å²) in [6.45, 7) is 8.68. The van der Waals surface area contributed by atoms with Crippen LogP contribution >= 0.6 is 11.8 Å². The van der Waals surface area contributed by atoms with Crippen molar-refractivity contribution in [2.24, 2.45) is 4.99 Å². The van der Waals surface area contributed by atoms with Gasteiger partial charge in [-0.05, 0) is 74.5 Å². The maximum atomic E-state index is 13.2. The first-order chi connectivity index (χ1) is 19.4. The molecule has 2 amide bonds. The van der Waals surface area contributed by atoms with E-state index in [0.29, 0.717) is 72.3 Å². The summed E-state index contributed by atoms with van der Waals surface area (Å²) in [4.78, 5) is 46.2. The predicted octanol–water partition coefficient (Wildman–Crippen LogP) is 4.12. The minimum atomic E-state index is -0.421. The van der Waals surface area contributed by atoms with Crippen LogP contribution in [0.1, 0.15) is 36.7 Å². The molecule has 212 valence electrons. The van der Waals surface area contributed by atoms with Crippen LogP contribution in [-0.4, -0.2) is 85.4 Å². The van der Waals surface area contributed by atoms with Crippen molar-refractivity contribution in [1.82, 2.24) is 9.80 Å². The third-order valence-electron chi connectivity index (χ3n) is 6.07. The van der Waals surface area contributed by atoms with Crippen molar-refractivity contribution in [2.75, 3.05) is 52.7 Å². The van der Waals surface area contributed by atoms with Gasteiger partial charge in [-0.3, -0.25) is 14.5 Å². The number of hydrogen-bond acceptors (Lipinski definition) is 9. The van der Waals surface area contributed by atoms with Crippen molar-refractivity contribution in [3.05, 3.63) is 58.5 Å². The van der Waals surface area contributed by atoms with Crippen molar-refractivity contribution in [3.8, 4) is 11.5 Å². The van der Waals surface area contributed by atoms with Gasteiger partial charge in [0.25, 0.3) is 11.8 Å². The molecule has 2 aliphatic rings. The molecule has 0 bridgehead atoms. The number of amides is 2. The molecule has 11 heteroatoms. The summed E-state index contributed by atoms with van der Waals surface area (Å²) in [5, 5.41) is 0.520. The third kappa shape index (κ3) is 7.22. The molecular weight excluding hydrogens is 534 g/mol. The van der Waals surface area contributed by atoms with Crippen LogP contribution < -0.4 is 9.47 Å². The Morgan fingerprint density at radius 1 is 1.02 bits per heavy atom. The van der Waals surface area contributed by atoms with Gasteiger partial charge in [0.05, 0.1) is 42.6 Å². The Kier molecular flexibility index (Phi) is 10.2. The van der Waals surface area contributed by atoms with Gasteiger partial charge in [0.2, 0.25) is 0 Å². The molecule has 0 saturated carbocycles. The summed E-state index contributed by atoms with van der Waals surface area (Å²) in [5.74, 6) is 0.246. The SMILES string of the molecule is CCOC(=O)c1cccc(N=C2SC(=Cc3ccc(OCC(=O)N4CCOCC4)c(OCC)c3)C(=O)N2CC)c1. The number of esters is 1. The fraction of sp³-hybridized carbons (Fsp3) is 0.379. The van der Waals surface area contributed by atoms with Gasteiger partial charge < -0.3 is 23.8 Å². The first-order valence-electron chi connectivity index (χ1n) is 13.3. The molecule has 0 aromatic heterocycles. The Bertz CT molecular complexity index is 1300. The van der Waals surface area contributed by atoms with Gasteiger partial charge in [0.1, 0.15) is 0 Å². The molecule has 2 aliphatic heterocycles. The van der Waals surface area contributed by atoms with E-state index in [0.717, 1.165) is 5.56 Å². The quantitative estimate of drug-likeness (QED) is 0.312. The fourth-order valence-corrected chi connectivity index (χ4v) is 5.16. The van der Waals surface area contributed by atoms with Gasteiger partial charge >= 0.3 is 5.97 Å². The van der Waals surface area contributed by atoms with E-state index in [1.165, 1.54) is 11.8 Å². The lowest BCUT2D eigenvalue weighted by Crippen LogP contribution is -2.43. The molecule has 0 spiro atoms. The van der Waals surface area contributed by atoms with E-state index in [1.807, 2.05) is 19.9 Å². The molecule has 0 radical (unpaired) electrons. The van der Waals surface area contributed by atoms with Gasteiger partial charge in [-0.15, -0.1) is 0 Å². The van der Waals surface area contributed by atoms with Crippen molar-refractivity contribution in [3.63, 3.8) is 0 Å². The van der Waals surface area contributed by atoms with E-state index in [-0.39, 0.29) is 25.0 Å². The highest BCUT2D eigenvalue weighted by atomic mass is 32.2. The zero-order valence-corrected chi connectivity index (χ0v) is 23.7. The molecule has 0 atom stereocenters.